The second-order valence-electron chi connectivity index (χ2n) is 12.0. The molecule has 2 aliphatic carbocycles. The molecule has 0 amide bonds. The van der Waals surface area contributed by atoms with Crippen LogP contribution in [0.25, 0.3) is 49.7 Å². The van der Waals surface area contributed by atoms with Gasteiger partial charge in [-0.15, -0.1) is 0 Å². The van der Waals surface area contributed by atoms with Gasteiger partial charge in [-0.3, -0.25) is 0 Å². The Hall–Kier alpha value is -5.39. The summed E-state index contributed by atoms with van der Waals surface area (Å²) in [6.07, 6.45) is 4.03. The van der Waals surface area contributed by atoms with Gasteiger partial charge < -0.3 is 4.57 Å². The van der Waals surface area contributed by atoms with E-state index in [9.17, 15) is 5.26 Å². The monoisotopic (exact) mass is 548 g/mol. The van der Waals surface area contributed by atoms with Gasteiger partial charge in [-0.1, -0.05) is 91.0 Å². The summed E-state index contributed by atoms with van der Waals surface area (Å²) in [5, 5.41) is 11.9. The molecule has 0 atom stereocenters. The first-order valence-corrected chi connectivity index (χ1v) is 15.1. The number of fused-ring (bicyclic) bond motifs is 9. The molecule has 43 heavy (non-hydrogen) atoms. The number of para-hydroxylation sites is 1. The van der Waals surface area contributed by atoms with Crippen LogP contribution < -0.4 is 0 Å². The lowest BCUT2D eigenvalue weighted by Crippen LogP contribution is -1.99. The van der Waals surface area contributed by atoms with Crippen LogP contribution in [0, 0.1) is 11.3 Å². The number of nitriles is 1. The van der Waals surface area contributed by atoms with Gasteiger partial charge in [0.25, 0.3) is 0 Å². The summed E-state index contributed by atoms with van der Waals surface area (Å²) in [4.78, 5) is 0. The fourth-order valence-electron chi connectivity index (χ4n) is 7.51. The number of nitrogens with zero attached hydrogens (tertiary/aromatic N) is 2. The van der Waals surface area contributed by atoms with Crippen molar-refractivity contribution in [1.82, 2.24) is 4.57 Å². The van der Waals surface area contributed by atoms with Gasteiger partial charge in [-0.2, -0.15) is 5.26 Å². The van der Waals surface area contributed by atoms with Gasteiger partial charge in [-0.25, -0.2) is 0 Å². The molecule has 0 radical (unpaired) electrons. The number of aromatic nitrogens is 1. The summed E-state index contributed by atoms with van der Waals surface area (Å²) in [6, 6.07) is 46.7. The normalized spacial score (nSPS) is 12.6. The van der Waals surface area contributed by atoms with E-state index in [1.807, 2.05) is 12.1 Å². The van der Waals surface area contributed by atoms with E-state index in [-0.39, 0.29) is 0 Å². The molecule has 0 N–H and O–H groups in total. The van der Waals surface area contributed by atoms with Crippen molar-refractivity contribution in [3.05, 3.63) is 160 Å². The Kier molecular flexibility index (Phi) is 5.25. The van der Waals surface area contributed by atoms with Crippen molar-refractivity contribution in [1.29, 1.82) is 5.26 Å². The van der Waals surface area contributed by atoms with Gasteiger partial charge >= 0.3 is 0 Å². The maximum atomic E-state index is 9.56. The zero-order valence-electron chi connectivity index (χ0n) is 23.8. The number of rotatable bonds is 4. The third kappa shape index (κ3) is 3.72. The van der Waals surface area contributed by atoms with Crippen LogP contribution in [-0.2, 0) is 25.7 Å². The van der Waals surface area contributed by atoms with E-state index in [1.165, 1.54) is 72.2 Å². The molecule has 2 heteroatoms. The zero-order chi connectivity index (χ0) is 28.5. The smallest absolute Gasteiger partial charge is 0.0991 e. The van der Waals surface area contributed by atoms with E-state index in [0.29, 0.717) is 5.56 Å². The topological polar surface area (TPSA) is 28.7 Å². The highest BCUT2D eigenvalue weighted by atomic mass is 15.0. The highest BCUT2D eigenvalue weighted by Gasteiger charge is 2.24. The van der Waals surface area contributed by atoms with Crippen molar-refractivity contribution in [2.45, 2.75) is 25.7 Å². The van der Waals surface area contributed by atoms with Crippen molar-refractivity contribution in [3.8, 4) is 34.0 Å². The van der Waals surface area contributed by atoms with Crippen LogP contribution >= 0.6 is 0 Å². The second-order valence-corrected chi connectivity index (χ2v) is 12.0. The molecule has 1 heterocycles. The third-order valence-corrected chi connectivity index (χ3v) is 9.59. The Morgan fingerprint density at radius 1 is 0.535 bits per heavy atom. The Labute approximate surface area is 251 Å². The third-order valence-electron chi connectivity index (χ3n) is 9.59. The molecule has 0 bridgehead atoms. The van der Waals surface area contributed by atoms with Crippen molar-refractivity contribution in [2.24, 2.45) is 0 Å². The summed E-state index contributed by atoms with van der Waals surface area (Å²) in [6.45, 7) is 0. The molecule has 2 nitrogen and oxygen atoms in total. The zero-order valence-corrected chi connectivity index (χ0v) is 23.8. The summed E-state index contributed by atoms with van der Waals surface area (Å²) < 4.78 is 2.39. The molecular weight excluding hydrogens is 520 g/mol. The van der Waals surface area contributed by atoms with E-state index in [0.717, 1.165) is 36.6 Å². The molecule has 202 valence electrons. The maximum absolute atomic E-state index is 9.56. The van der Waals surface area contributed by atoms with Crippen molar-refractivity contribution in [2.75, 3.05) is 0 Å². The second kappa shape index (κ2) is 9.31. The number of aryl methyl sites for hydroxylation is 2. The highest BCUT2D eigenvalue weighted by molar-refractivity contribution is 6.10. The molecular formula is C41H28N2. The fraction of sp³-hybridized carbons (Fsp3) is 0.0976. The minimum Gasteiger partial charge on any atom is -0.309 e. The van der Waals surface area contributed by atoms with Gasteiger partial charge in [0.2, 0.25) is 0 Å². The predicted octanol–water partition coefficient (Wildman–Crippen LogP) is 9.58. The molecule has 0 unspecified atom stereocenters. The van der Waals surface area contributed by atoms with Crippen molar-refractivity contribution >= 4 is 21.8 Å². The van der Waals surface area contributed by atoms with Gasteiger partial charge in [0.1, 0.15) is 0 Å². The lowest BCUT2D eigenvalue weighted by Gasteiger charge is -2.13. The molecule has 2 aliphatic rings. The first kappa shape index (κ1) is 24.2. The van der Waals surface area contributed by atoms with E-state index in [4.69, 9.17) is 0 Å². The van der Waals surface area contributed by atoms with Crippen LogP contribution in [0.2, 0.25) is 0 Å². The summed E-state index contributed by atoms with van der Waals surface area (Å²) >= 11 is 0. The SMILES string of the molecule is N#Cc1ccc2c(c1)c1ccccc1n2-c1cccc2c1Cc1ccc(CCc3ccc4c(c3)-c3ccccc3C4)cc1-2. The van der Waals surface area contributed by atoms with Crippen molar-refractivity contribution in [3.63, 3.8) is 0 Å². The standard InChI is InChI=1S/C41H28N2/c42-25-28-16-19-41-37(22-28)34-8-3-4-10-39(34)43(41)40-11-5-9-33-36-21-27(15-18-31(36)24-38(33)40)13-12-26-14-17-30-23-29-6-1-2-7-32(29)35(30)20-26/h1-11,14-22H,12-13,23-24H2. The molecule has 6 aromatic carbocycles. The molecule has 9 rings (SSSR count). The van der Waals surface area contributed by atoms with Crippen LogP contribution in [0.15, 0.2) is 121 Å². The molecule has 0 saturated carbocycles. The van der Waals surface area contributed by atoms with E-state index < -0.39 is 0 Å². The predicted molar refractivity (Wildman–Crippen MR) is 176 cm³/mol. The fourth-order valence-corrected chi connectivity index (χ4v) is 7.51. The highest BCUT2D eigenvalue weighted by Crippen LogP contribution is 2.43. The Morgan fingerprint density at radius 2 is 1.21 bits per heavy atom. The van der Waals surface area contributed by atoms with Gasteiger partial charge in [0.05, 0.1) is 28.4 Å². The summed E-state index contributed by atoms with van der Waals surface area (Å²) in [7, 11) is 0. The lowest BCUT2D eigenvalue weighted by molar-refractivity contribution is 0.959. The minimum atomic E-state index is 0.693. The molecule has 0 fully saturated rings. The number of benzene rings is 6. The first-order chi connectivity index (χ1) is 21.2. The van der Waals surface area contributed by atoms with Gasteiger partial charge in [0, 0.05) is 17.2 Å². The minimum absolute atomic E-state index is 0.693. The van der Waals surface area contributed by atoms with Gasteiger partial charge in [0.15, 0.2) is 0 Å². The maximum Gasteiger partial charge on any atom is 0.0991 e. The molecule has 0 saturated heterocycles. The molecule has 1 aromatic heterocycles. The largest absolute Gasteiger partial charge is 0.309 e. The Balaban J connectivity index is 1.07. The summed E-state index contributed by atoms with van der Waals surface area (Å²) in [5.74, 6) is 0. The van der Waals surface area contributed by atoms with Crippen LogP contribution in [0.1, 0.15) is 38.9 Å². The van der Waals surface area contributed by atoms with E-state index in [2.05, 4.69) is 120 Å². The lowest BCUT2D eigenvalue weighted by atomic mass is 9.96. The van der Waals surface area contributed by atoms with Gasteiger partial charge in [-0.05, 0) is 105 Å². The Morgan fingerprint density at radius 3 is 2.05 bits per heavy atom. The van der Waals surface area contributed by atoms with Crippen LogP contribution in [0.4, 0.5) is 0 Å². The van der Waals surface area contributed by atoms with E-state index >= 15 is 0 Å². The average Bonchev–Trinajstić information content (AvgIpc) is 3.72. The Bertz CT molecular complexity index is 2310. The van der Waals surface area contributed by atoms with Crippen LogP contribution in [0.3, 0.4) is 0 Å². The molecule has 0 aliphatic heterocycles. The van der Waals surface area contributed by atoms with E-state index in [1.54, 1.807) is 0 Å². The van der Waals surface area contributed by atoms with Crippen LogP contribution in [-0.4, -0.2) is 4.57 Å². The quantitative estimate of drug-likeness (QED) is 0.215. The first-order valence-electron chi connectivity index (χ1n) is 15.1. The average molecular weight is 549 g/mol. The molecule has 7 aromatic rings. The number of hydrogen-bond donors (Lipinski definition) is 0. The number of hydrogen-bond acceptors (Lipinski definition) is 1. The summed E-state index contributed by atoms with van der Waals surface area (Å²) in [5.41, 5.74) is 18.2. The molecule has 0 spiro atoms. The van der Waals surface area contributed by atoms with Crippen LogP contribution in [0.5, 0.6) is 0 Å². The van der Waals surface area contributed by atoms with Crippen molar-refractivity contribution < 1.29 is 0 Å².